The van der Waals surface area contributed by atoms with Gasteiger partial charge in [0.05, 0.1) is 0 Å². The van der Waals surface area contributed by atoms with Crippen LogP contribution in [0.3, 0.4) is 0 Å². The van der Waals surface area contributed by atoms with Gasteiger partial charge in [0.25, 0.3) is 5.91 Å². The molecule has 0 spiro atoms. The average molecular weight is 398 g/mol. The predicted molar refractivity (Wildman–Crippen MR) is 101 cm³/mol. The number of hydrogen-bond donors (Lipinski definition) is 2. The first-order chi connectivity index (χ1) is 14.0. The van der Waals surface area contributed by atoms with E-state index in [1.54, 1.807) is 0 Å². The maximum atomic E-state index is 12.9. The van der Waals surface area contributed by atoms with Gasteiger partial charge in [0.1, 0.15) is 11.6 Å². The van der Waals surface area contributed by atoms with Gasteiger partial charge in [-0.15, -0.1) is 10.2 Å². The SMILES string of the molecule is CC(Oc1ccc(F)cc1)C(=O)NNC(=O)CCc1nnc(-c2ccccc2)o1. The molecule has 0 saturated heterocycles. The van der Waals surface area contributed by atoms with Crippen LogP contribution in [0, 0.1) is 5.82 Å². The summed E-state index contributed by atoms with van der Waals surface area (Å²) in [6.07, 6.45) is -0.613. The van der Waals surface area contributed by atoms with Gasteiger partial charge in [-0.3, -0.25) is 20.4 Å². The summed E-state index contributed by atoms with van der Waals surface area (Å²) in [5.74, 6) is -0.345. The molecule has 8 nitrogen and oxygen atoms in total. The van der Waals surface area contributed by atoms with Crippen LogP contribution in [0.15, 0.2) is 59.0 Å². The van der Waals surface area contributed by atoms with Gasteiger partial charge in [0.2, 0.25) is 17.7 Å². The molecule has 0 aliphatic carbocycles. The van der Waals surface area contributed by atoms with Crippen molar-refractivity contribution in [3.63, 3.8) is 0 Å². The highest BCUT2D eigenvalue weighted by Crippen LogP contribution is 2.17. The van der Waals surface area contributed by atoms with Crippen molar-refractivity contribution < 1.29 is 23.1 Å². The molecule has 1 aromatic heterocycles. The molecule has 0 aliphatic rings. The van der Waals surface area contributed by atoms with E-state index in [9.17, 15) is 14.0 Å². The van der Waals surface area contributed by atoms with Crippen molar-refractivity contribution >= 4 is 11.8 Å². The molecule has 3 aromatic rings. The van der Waals surface area contributed by atoms with Crippen LogP contribution in [0.4, 0.5) is 4.39 Å². The first kappa shape index (κ1) is 20.0. The minimum absolute atomic E-state index is 0.0455. The molecule has 2 aromatic carbocycles. The fourth-order valence-corrected chi connectivity index (χ4v) is 2.34. The maximum absolute atomic E-state index is 12.9. The molecule has 0 saturated carbocycles. The average Bonchev–Trinajstić information content (AvgIpc) is 3.22. The van der Waals surface area contributed by atoms with Gasteiger partial charge < -0.3 is 9.15 Å². The minimum Gasteiger partial charge on any atom is -0.481 e. The van der Waals surface area contributed by atoms with Crippen molar-refractivity contribution in [1.29, 1.82) is 0 Å². The third-order valence-electron chi connectivity index (χ3n) is 3.87. The Morgan fingerprint density at radius 3 is 2.52 bits per heavy atom. The Morgan fingerprint density at radius 1 is 1.07 bits per heavy atom. The zero-order valence-corrected chi connectivity index (χ0v) is 15.6. The molecule has 3 rings (SSSR count). The van der Waals surface area contributed by atoms with Gasteiger partial charge >= 0.3 is 0 Å². The standard InChI is InChI=1S/C20H19FN4O4/c1-13(28-16-9-7-15(21)8-10-16)19(27)24-22-17(26)11-12-18-23-25-20(29-18)14-5-3-2-4-6-14/h2-10,13H,11-12H2,1H3,(H,22,26)(H,24,27). The summed E-state index contributed by atoms with van der Waals surface area (Å²) in [5.41, 5.74) is 5.37. The lowest BCUT2D eigenvalue weighted by Gasteiger charge is -2.15. The molecule has 0 bridgehead atoms. The lowest BCUT2D eigenvalue weighted by molar-refractivity contribution is -0.132. The Balaban J connectivity index is 1.41. The number of rotatable bonds is 7. The van der Waals surface area contributed by atoms with Crippen LogP contribution in [0.5, 0.6) is 5.75 Å². The summed E-state index contributed by atoms with van der Waals surface area (Å²) in [5, 5.41) is 7.86. The van der Waals surface area contributed by atoms with E-state index < -0.39 is 23.7 Å². The number of nitrogens with zero attached hydrogens (tertiary/aromatic N) is 2. The lowest BCUT2D eigenvalue weighted by atomic mass is 10.2. The second kappa shape index (κ2) is 9.45. The molecule has 0 radical (unpaired) electrons. The smallest absolute Gasteiger partial charge is 0.279 e. The Morgan fingerprint density at radius 2 is 1.79 bits per heavy atom. The van der Waals surface area contributed by atoms with E-state index in [0.717, 1.165) is 5.56 Å². The van der Waals surface area contributed by atoms with Gasteiger partial charge in [-0.05, 0) is 43.3 Å². The number of carbonyl (C=O) groups is 2. The number of aryl methyl sites for hydroxylation is 1. The van der Waals surface area contributed by atoms with Crippen LogP contribution >= 0.6 is 0 Å². The van der Waals surface area contributed by atoms with Crippen LogP contribution < -0.4 is 15.6 Å². The number of benzene rings is 2. The molecule has 9 heteroatoms. The summed E-state index contributed by atoms with van der Waals surface area (Å²) < 4.78 is 23.8. The van der Waals surface area contributed by atoms with E-state index >= 15 is 0 Å². The van der Waals surface area contributed by atoms with Gasteiger partial charge in [0, 0.05) is 18.4 Å². The minimum atomic E-state index is -0.884. The zero-order chi connectivity index (χ0) is 20.6. The zero-order valence-electron chi connectivity index (χ0n) is 15.6. The van der Waals surface area contributed by atoms with Crippen LogP contribution in [-0.4, -0.2) is 28.1 Å². The monoisotopic (exact) mass is 398 g/mol. The molecular formula is C20H19FN4O4. The fourth-order valence-electron chi connectivity index (χ4n) is 2.34. The van der Waals surface area contributed by atoms with Gasteiger partial charge in [-0.25, -0.2) is 4.39 Å². The lowest BCUT2D eigenvalue weighted by Crippen LogP contribution is -2.47. The van der Waals surface area contributed by atoms with Crippen molar-refractivity contribution in [3.8, 4) is 17.2 Å². The first-order valence-corrected chi connectivity index (χ1v) is 8.90. The van der Waals surface area contributed by atoms with Gasteiger partial charge in [-0.1, -0.05) is 18.2 Å². The predicted octanol–water partition coefficient (Wildman–Crippen LogP) is 2.42. The highest BCUT2D eigenvalue weighted by atomic mass is 19.1. The van der Waals surface area contributed by atoms with E-state index in [0.29, 0.717) is 17.5 Å². The number of ether oxygens (including phenoxy) is 1. The van der Waals surface area contributed by atoms with E-state index in [4.69, 9.17) is 9.15 Å². The molecule has 0 aliphatic heterocycles. The normalized spacial score (nSPS) is 11.5. The van der Waals surface area contributed by atoms with Crippen molar-refractivity contribution in [1.82, 2.24) is 21.0 Å². The number of hydrazine groups is 1. The third kappa shape index (κ3) is 5.86. The van der Waals surface area contributed by atoms with Crippen LogP contribution in [0.2, 0.25) is 0 Å². The maximum Gasteiger partial charge on any atom is 0.279 e. The van der Waals surface area contributed by atoms with Crippen LogP contribution in [0.1, 0.15) is 19.2 Å². The molecule has 0 fully saturated rings. The molecular weight excluding hydrogens is 379 g/mol. The molecule has 150 valence electrons. The molecule has 1 unspecified atom stereocenters. The fraction of sp³-hybridized carbons (Fsp3) is 0.200. The Kier molecular flexibility index (Phi) is 6.51. The van der Waals surface area contributed by atoms with Gasteiger partial charge in [0.15, 0.2) is 6.10 Å². The summed E-state index contributed by atoms with van der Waals surface area (Å²) >= 11 is 0. The first-order valence-electron chi connectivity index (χ1n) is 8.90. The Labute approximate surface area is 166 Å². The summed E-state index contributed by atoms with van der Waals surface area (Å²) in [7, 11) is 0. The number of halogens is 1. The van der Waals surface area contributed by atoms with Gasteiger partial charge in [-0.2, -0.15) is 0 Å². The molecule has 1 heterocycles. The number of carbonyl (C=O) groups excluding carboxylic acids is 2. The Bertz CT molecular complexity index is 960. The Hall–Kier alpha value is -3.75. The number of hydrogen-bond acceptors (Lipinski definition) is 6. The van der Waals surface area contributed by atoms with Crippen molar-refractivity contribution in [2.45, 2.75) is 25.9 Å². The van der Waals surface area contributed by atoms with Crippen LogP contribution in [-0.2, 0) is 16.0 Å². The number of nitrogens with one attached hydrogen (secondary N) is 2. The molecule has 2 amide bonds. The summed E-state index contributed by atoms with van der Waals surface area (Å²) in [4.78, 5) is 23.9. The highest BCUT2D eigenvalue weighted by Gasteiger charge is 2.16. The van der Waals surface area contributed by atoms with E-state index in [-0.39, 0.29) is 12.8 Å². The van der Waals surface area contributed by atoms with Crippen LogP contribution in [0.25, 0.3) is 11.5 Å². The summed E-state index contributed by atoms with van der Waals surface area (Å²) in [6.45, 7) is 1.51. The number of amides is 2. The second-order valence-corrected chi connectivity index (χ2v) is 6.12. The van der Waals surface area contributed by atoms with E-state index in [2.05, 4.69) is 21.0 Å². The third-order valence-corrected chi connectivity index (χ3v) is 3.87. The quantitative estimate of drug-likeness (QED) is 0.592. The molecule has 29 heavy (non-hydrogen) atoms. The molecule has 1 atom stereocenters. The van der Waals surface area contributed by atoms with E-state index in [1.165, 1.54) is 31.2 Å². The molecule has 2 N–H and O–H groups in total. The highest BCUT2D eigenvalue weighted by molar-refractivity contribution is 5.84. The van der Waals surface area contributed by atoms with E-state index in [1.807, 2.05) is 30.3 Å². The van der Waals surface area contributed by atoms with Crippen molar-refractivity contribution in [3.05, 3.63) is 66.3 Å². The number of aromatic nitrogens is 2. The summed E-state index contributed by atoms with van der Waals surface area (Å²) in [6, 6.07) is 14.5. The van der Waals surface area contributed by atoms with Crippen molar-refractivity contribution in [2.24, 2.45) is 0 Å². The van der Waals surface area contributed by atoms with Crippen molar-refractivity contribution in [2.75, 3.05) is 0 Å². The largest absolute Gasteiger partial charge is 0.481 e. The topological polar surface area (TPSA) is 106 Å². The second-order valence-electron chi connectivity index (χ2n) is 6.12.